The van der Waals surface area contributed by atoms with Crippen LogP contribution in [0.5, 0.6) is 0 Å². The van der Waals surface area contributed by atoms with E-state index in [-0.39, 0.29) is 58.3 Å². The molecule has 0 N–H and O–H groups in total. The highest BCUT2D eigenvalue weighted by Crippen LogP contribution is 2.46. The number of imidazole rings is 1. The van der Waals surface area contributed by atoms with Gasteiger partial charge >= 0.3 is 12.3 Å². The van der Waals surface area contributed by atoms with E-state index < -0.39 is 52.7 Å². The second kappa shape index (κ2) is 12.8. The minimum Gasteiger partial charge on any atom is -0.444 e. The molecule has 0 radical (unpaired) electrons. The van der Waals surface area contributed by atoms with Crippen molar-refractivity contribution in [1.29, 1.82) is 5.26 Å². The third kappa shape index (κ3) is 6.12. The molecule has 0 saturated carbocycles. The van der Waals surface area contributed by atoms with E-state index in [4.69, 9.17) is 4.74 Å². The predicted octanol–water partition coefficient (Wildman–Crippen LogP) is 7.70. The molecule has 272 valence electrons. The highest BCUT2D eigenvalue weighted by Gasteiger charge is 2.40. The molecule has 2 saturated heterocycles. The number of anilines is 1. The minimum absolute atomic E-state index is 0.00546. The molecule has 52 heavy (non-hydrogen) atoms. The molecule has 0 bridgehead atoms. The first-order valence-electron chi connectivity index (χ1n) is 17.0. The van der Waals surface area contributed by atoms with Crippen LogP contribution in [0.15, 0.2) is 42.9 Å². The van der Waals surface area contributed by atoms with Gasteiger partial charge in [0.2, 0.25) is 0 Å². The van der Waals surface area contributed by atoms with Crippen molar-refractivity contribution < 1.29 is 31.5 Å². The summed E-state index contributed by atoms with van der Waals surface area (Å²) in [6.45, 7) is 6.54. The number of pyridine rings is 2. The van der Waals surface area contributed by atoms with Gasteiger partial charge < -0.3 is 24.0 Å². The first-order chi connectivity index (χ1) is 24.6. The number of aromatic nitrogens is 4. The van der Waals surface area contributed by atoms with Crippen LogP contribution >= 0.6 is 0 Å². The predicted molar refractivity (Wildman–Crippen MR) is 186 cm³/mol. The number of hydrogen-bond acceptors (Lipinski definition) is 8. The largest absolute Gasteiger partial charge is 0.444 e. The van der Waals surface area contributed by atoms with Gasteiger partial charge in [0.1, 0.15) is 22.5 Å². The van der Waals surface area contributed by atoms with Crippen molar-refractivity contribution in [2.45, 2.75) is 69.9 Å². The Hall–Kier alpha value is -5.10. The maximum absolute atomic E-state index is 17.2. The Kier molecular flexibility index (Phi) is 8.72. The number of alkyl halides is 3. The Labute approximate surface area is 296 Å². The number of rotatable bonds is 5. The van der Waals surface area contributed by atoms with E-state index >= 15 is 17.6 Å². The molecule has 2 aliphatic heterocycles. The van der Waals surface area contributed by atoms with Crippen LogP contribution in [0.3, 0.4) is 0 Å². The zero-order valence-corrected chi connectivity index (χ0v) is 29.3. The van der Waals surface area contributed by atoms with Crippen LogP contribution in [-0.4, -0.2) is 86.8 Å². The van der Waals surface area contributed by atoms with Crippen LogP contribution in [0.2, 0.25) is 0 Å². The van der Waals surface area contributed by atoms with Crippen molar-refractivity contribution in [3.05, 3.63) is 60.1 Å². The van der Waals surface area contributed by atoms with E-state index in [0.717, 1.165) is 18.2 Å². The van der Waals surface area contributed by atoms with Gasteiger partial charge in [0, 0.05) is 65.9 Å². The third-order valence-electron chi connectivity index (χ3n) is 9.94. The molecule has 5 heterocycles. The van der Waals surface area contributed by atoms with Gasteiger partial charge in [0.15, 0.2) is 11.6 Å². The summed E-state index contributed by atoms with van der Waals surface area (Å²) in [5.74, 6) is -1.59. The van der Waals surface area contributed by atoms with Gasteiger partial charge in [-0.1, -0.05) is 0 Å². The van der Waals surface area contributed by atoms with Gasteiger partial charge in [0.25, 0.3) is 0 Å². The fourth-order valence-electron chi connectivity index (χ4n) is 7.30. The van der Waals surface area contributed by atoms with Gasteiger partial charge in [0.05, 0.1) is 35.4 Å². The zero-order valence-electron chi connectivity index (χ0n) is 29.3. The number of carbonyl (C=O) groups excluding carboxylic acids is 1. The summed E-state index contributed by atoms with van der Waals surface area (Å²) in [4.78, 5) is 32.1. The number of piperidine rings is 1. The van der Waals surface area contributed by atoms with E-state index in [2.05, 4.69) is 21.0 Å². The molecule has 15 heteroatoms. The number of likely N-dealkylation sites (N-methyl/N-ethyl adjacent to an activating group) is 1. The number of amides is 1. The molecule has 5 aromatic rings. The van der Waals surface area contributed by atoms with Gasteiger partial charge in [-0.15, -0.1) is 0 Å². The lowest BCUT2D eigenvalue weighted by atomic mass is 9.93. The number of hydrogen-bond donors (Lipinski definition) is 0. The summed E-state index contributed by atoms with van der Waals surface area (Å²) in [5, 5.41) is 9.53. The maximum atomic E-state index is 17.2. The molecule has 2 fully saturated rings. The maximum Gasteiger partial charge on any atom is 0.417 e. The van der Waals surface area contributed by atoms with Gasteiger partial charge in [-0.3, -0.25) is 4.98 Å². The zero-order chi connectivity index (χ0) is 37.3. The molecule has 2 atom stereocenters. The van der Waals surface area contributed by atoms with Crippen LogP contribution in [0.25, 0.3) is 44.0 Å². The molecular weight excluding hydrogens is 683 g/mol. The number of carbonyl (C=O) groups is 1. The molecule has 10 nitrogen and oxygen atoms in total. The molecule has 2 aliphatic rings. The van der Waals surface area contributed by atoms with Crippen molar-refractivity contribution in [1.82, 2.24) is 29.3 Å². The minimum atomic E-state index is -5.03. The van der Waals surface area contributed by atoms with E-state index in [1.54, 1.807) is 25.3 Å². The van der Waals surface area contributed by atoms with Crippen molar-refractivity contribution in [3.63, 3.8) is 0 Å². The Balaban J connectivity index is 1.45. The fraction of sp³-hybridized carbons (Fsp3) is 0.432. The molecule has 7 rings (SSSR count). The first-order valence-corrected chi connectivity index (χ1v) is 17.0. The van der Waals surface area contributed by atoms with E-state index in [1.165, 1.54) is 29.6 Å². The SMILES string of the molecule is CN(C)C1CN(c2nc3c(F)c(-c4ccc(F)c5cccnc45)c(C(F)(F)F)cc3c3c2ncn3[C@H]2CCN(C(=O)OC(C)(C)C)C(CC#N)C2)C1. The van der Waals surface area contributed by atoms with Crippen LogP contribution in [-0.2, 0) is 10.9 Å². The van der Waals surface area contributed by atoms with Crippen molar-refractivity contribution in [3.8, 4) is 17.2 Å². The highest BCUT2D eigenvalue weighted by molar-refractivity contribution is 6.10. The molecule has 0 spiro atoms. The Bertz CT molecular complexity index is 2250. The Morgan fingerprint density at radius 2 is 1.81 bits per heavy atom. The van der Waals surface area contributed by atoms with Crippen LogP contribution in [0.1, 0.15) is 51.6 Å². The third-order valence-corrected chi connectivity index (χ3v) is 9.94. The van der Waals surface area contributed by atoms with Crippen LogP contribution < -0.4 is 4.90 Å². The number of benzene rings is 2. The average molecular weight is 721 g/mol. The summed E-state index contributed by atoms with van der Waals surface area (Å²) >= 11 is 0. The quantitative estimate of drug-likeness (QED) is 0.170. The monoisotopic (exact) mass is 720 g/mol. The van der Waals surface area contributed by atoms with Gasteiger partial charge in [-0.25, -0.2) is 23.5 Å². The summed E-state index contributed by atoms with van der Waals surface area (Å²) in [5.41, 5.74) is -2.86. The van der Waals surface area contributed by atoms with Gasteiger partial charge in [-0.2, -0.15) is 18.4 Å². The van der Waals surface area contributed by atoms with Crippen LogP contribution in [0.4, 0.5) is 32.6 Å². The molecule has 1 unspecified atom stereocenters. The lowest BCUT2D eigenvalue weighted by Crippen LogP contribution is -2.57. The van der Waals surface area contributed by atoms with Crippen molar-refractivity contribution >= 4 is 44.8 Å². The molecule has 3 aromatic heterocycles. The fourth-order valence-corrected chi connectivity index (χ4v) is 7.30. The number of nitrogens with zero attached hydrogens (tertiary/aromatic N) is 8. The van der Waals surface area contributed by atoms with Crippen molar-refractivity contribution in [2.75, 3.05) is 38.6 Å². The summed E-state index contributed by atoms with van der Waals surface area (Å²) in [6.07, 6.45) is -2.09. The van der Waals surface area contributed by atoms with Crippen LogP contribution in [0, 0.1) is 23.0 Å². The van der Waals surface area contributed by atoms with E-state index in [9.17, 15) is 14.4 Å². The van der Waals surface area contributed by atoms with E-state index in [1.807, 2.05) is 23.9 Å². The number of nitriles is 1. The highest BCUT2D eigenvalue weighted by atomic mass is 19.4. The van der Waals surface area contributed by atoms with Gasteiger partial charge in [-0.05, 0) is 78.0 Å². The van der Waals surface area contributed by atoms with E-state index in [0.29, 0.717) is 30.8 Å². The lowest BCUT2D eigenvalue weighted by Gasteiger charge is -2.43. The normalized spacial score (nSPS) is 18.7. The second-order valence-electron chi connectivity index (χ2n) is 14.7. The topological polar surface area (TPSA) is 103 Å². The molecule has 2 aromatic carbocycles. The molecular formula is C37H37F5N8O2. The summed E-state index contributed by atoms with van der Waals surface area (Å²) in [6, 6.07) is 7.19. The average Bonchev–Trinajstić information content (AvgIpc) is 3.49. The second-order valence-corrected chi connectivity index (χ2v) is 14.7. The smallest absolute Gasteiger partial charge is 0.417 e. The lowest BCUT2D eigenvalue weighted by molar-refractivity contribution is -0.137. The number of fused-ring (bicyclic) bond motifs is 4. The Morgan fingerprint density at radius 3 is 2.48 bits per heavy atom. The number of halogens is 5. The molecule has 1 amide bonds. The summed E-state index contributed by atoms with van der Waals surface area (Å²) in [7, 11) is 3.88. The van der Waals surface area contributed by atoms with Crippen molar-refractivity contribution in [2.24, 2.45) is 0 Å². The molecule has 0 aliphatic carbocycles. The first kappa shape index (κ1) is 35.3. The standard InChI is InChI=1S/C37H37F5N8O2/c1-36(2,3)52-35(51)49-14-11-21(15-20(49)10-12-43)50-19-45-32-33(50)25-16-26(37(40,41)42)28(24-8-9-27(38)23-7-6-13-44-30(23)24)29(39)31(25)46-34(32)48-17-22(18-48)47(4)5/h6-9,13,16,19-22H,10-11,14-15,17-18H2,1-5H3/t20?,21-/m0/s1. The number of likely N-dealkylation sites (tertiary alicyclic amines) is 1. The number of ether oxygens (including phenoxy) is 1. The Morgan fingerprint density at radius 1 is 1.06 bits per heavy atom. The summed E-state index contributed by atoms with van der Waals surface area (Å²) < 4.78 is 84.5.